The molecule has 3 amide bonds. The molecule has 2 aromatic carbocycles. The van der Waals surface area contributed by atoms with Crippen molar-refractivity contribution in [1.29, 1.82) is 0 Å². The molecule has 1 atom stereocenters. The first-order valence-corrected chi connectivity index (χ1v) is 13.5. The van der Waals surface area contributed by atoms with Gasteiger partial charge in [-0.15, -0.1) is 0 Å². The van der Waals surface area contributed by atoms with Crippen LogP contribution >= 0.6 is 0 Å². The SMILES string of the molecule is NC(=O)C1=CC=C(C2=CCNCC2)N(C(=O)OCc2ccccc2)C1Nc1ccc(C(=O)N2CCNCC2)cc1. The molecule has 208 valence electrons. The van der Waals surface area contributed by atoms with Gasteiger partial charge in [-0.3, -0.25) is 14.5 Å². The summed E-state index contributed by atoms with van der Waals surface area (Å²) in [6.07, 6.45) is 4.62. The summed E-state index contributed by atoms with van der Waals surface area (Å²) in [5.74, 6) is -0.684. The van der Waals surface area contributed by atoms with E-state index >= 15 is 0 Å². The van der Waals surface area contributed by atoms with Crippen LogP contribution in [0.1, 0.15) is 22.3 Å². The summed E-state index contributed by atoms with van der Waals surface area (Å²) in [4.78, 5) is 42.4. The maximum atomic E-state index is 13.7. The third kappa shape index (κ3) is 6.24. The number of nitrogens with two attached hydrogens (primary N) is 1. The van der Waals surface area contributed by atoms with Crippen LogP contribution in [0.5, 0.6) is 0 Å². The second-order valence-electron chi connectivity index (χ2n) is 9.80. The standard InChI is InChI=1S/C30H34N6O4/c31-27(37)25-10-11-26(22-12-14-32-15-13-22)36(30(39)40-20-21-4-2-1-3-5-21)28(25)34-24-8-6-23(7-9-24)29(38)35-18-16-33-17-19-35/h1-12,28,32-34H,13-20H2,(H2,31,37). The molecule has 10 heteroatoms. The largest absolute Gasteiger partial charge is 0.444 e. The van der Waals surface area contributed by atoms with E-state index in [9.17, 15) is 14.4 Å². The fourth-order valence-electron chi connectivity index (χ4n) is 5.00. The van der Waals surface area contributed by atoms with Gasteiger partial charge >= 0.3 is 6.09 Å². The van der Waals surface area contributed by atoms with Crippen LogP contribution in [0.4, 0.5) is 10.5 Å². The van der Waals surface area contributed by atoms with Crippen molar-refractivity contribution in [3.05, 3.63) is 101 Å². The lowest BCUT2D eigenvalue weighted by Gasteiger charge is -2.38. The van der Waals surface area contributed by atoms with E-state index in [0.717, 1.165) is 30.8 Å². The Kier molecular flexibility index (Phi) is 8.58. The van der Waals surface area contributed by atoms with Gasteiger partial charge in [0.1, 0.15) is 12.8 Å². The van der Waals surface area contributed by atoms with E-state index in [-0.39, 0.29) is 18.1 Å². The number of hydrogen-bond acceptors (Lipinski definition) is 7. The lowest BCUT2D eigenvalue weighted by Crippen LogP contribution is -2.50. The molecule has 10 nitrogen and oxygen atoms in total. The van der Waals surface area contributed by atoms with Crippen molar-refractivity contribution in [3.8, 4) is 0 Å². The van der Waals surface area contributed by atoms with E-state index in [1.807, 2.05) is 41.3 Å². The van der Waals surface area contributed by atoms with Gasteiger partial charge < -0.3 is 31.3 Å². The van der Waals surface area contributed by atoms with Crippen LogP contribution in [-0.2, 0) is 16.1 Å². The monoisotopic (exact) mass is 542 g/mol. The smallest absolute Gasteiger partial charge is 0.416 e. The fourth-order valence-corrected chi connectivity index (χ4v) is 5.00. The van der Waals surface area contributed by atoms with Crippen LogP contribution in [0.3, 0.4) is 0 Å². The first kappa shape index (κ1) is 27.2. The first-order valence-electron chi connectivity index (χ1n) is 13.5. The number of anilines is 1. The minimum Gasteiger partial charge on any atom is -0.444 e. The lowest BCUT2D eigenvalue weighted by molar-refractivity contribution is -0.115. The summed E-state index contributed by atoms with van der Waals surface area (Å²) in [6.45, 7) is 4.38. The molecule has 0 aromatic heterocycles. The molecule has 0 saturated carbocycles. The van der Waals surface area contributed by atoms with Crippen LogP contribution in [0.25, 0.3) is 0 Å². The third-order valence-electron chi connectivity index (χ3n) is 7.15. The van der Waals surface area contributed by atoms with E-state index in [2.05, 4.69) is 16.0 Å². The Hall–Kier alpha value is -4.41. The average molecular weight is 543 g/mol. The van der Waals surface area contributed by atoms with Crippen molar-refractivity contribution in [2.24, 2.45) is 5.73 Å². The van der Waals surface area contributed by atoms with Crippen molar-refractivity contribution in [1.82, 2.24) is 20.4 Å². The van der Waals surface area contributed by atoms with E-state index < -0.39 is 18.2 Å². The minimum absolute atomic E-state index is 0.0300. The molecule has 5 N–H and O–H groups in total. The number of rotatable bonds is 7. The summed E-state index contributed by atoms with van der Waals surface area (Å²) in [7, 11) is 0. The molecule has 1 unspecified atom stereocenters. The molecular formula is C30H34N6O4. The summed E-state index contributed by atoms with van der Waals surface area (Å²) in [5.41, 5.74) is 9.65. The number of ether oxygens (including phenoxy) is 1. The van der Waals surface area contributed by atoms with Crippen LogP contribution < -0.4 is 21.7 Å². The Labute approximate surface area is 233 Å². The maximum absolute atomic E-state index is 13.7. The molecule has 5 rings (SSSR count). The van der Waals surface area contributed by atoms with Crippen molar-refractivity contribution in [3.63, 3.8) is 0 Å². The third-order valence-corrected chi connectivity index (χ3v) is 7.15. The Morgan fingerprint density at radius 2 is 1.70 bits per heavy atom. The topological polar surface area (TPSA) is 129 Å². The number of amides is 3. The quantitative estimate of drug-likeness (QED) is 0.423. The van der Waals surface area contributed by atoms with E-state index in [4.69, 9.17) is 10.5 Å². The second-order valence-corrected chi connectivity index (χ2v) is 9.80. The van der Waals surface area contributed by atoms with Gasteiger partial charge in [0.15, 0.2) is 0 Å². The molecule has 1 fully saturated rings. The number of hydrogen-bond donors (Lipinski definition) is 4. The number of piperazine rings is 1. The molecule has 0 radical (unpaired) electrons. The Bertz CT molecular complexity index is 1330. The highest BCUT2D eigenvalue weighted by Gasteiger charge is 2.37. The molecule has 40 heavy (non-hydrogen) atoms. The summed E-state index contributed by atoms with van der Waals surface area (Å²) >= 11 is 0. The summed E-state index contributed by atoms with van der Waals surface area (Å²) in [5, 5.41) is 9.82. The van der Waals surface area contributed by atoms with E-state index in [1.165, 1.54) is 4.90 Å². The molecular weight excluding hydrogens is 508 g/mol. The fraction of sp³-hybridized carbons (Fsp3) is 0.300. The van der Waals surface area contributed by atoms with Gasteiger partial charge in [0.05, 0.1) is 11.3 Å². The zero-order chi connectivity index (χ0) is 27.9. The number of benzene rings is 2. The molecule has 0 aliphatic carbocycles. The zero-order valence-corrected chi connectivity index (χ0v) is 22.3. The molecule has 3 aliphatic heterocycles. The van der Waals surface area contributed by atoms with Crippen LogP contribution in [0.2, 0.25) is 0 Å². The first-order chi connectivity index (χ1) is 19.5. The number of nitrogens with one attached hydrogen (secondary N) is 3. The highest BCUT2D eigenvalue weighted by Crippen LogP contribution is 2.31. The van der Waals surface area contributed by atoms with E-state index in [1.54, 1.807) is 36.4 Å². The van der Waals surface area contributed by atoms with Crippen LogP contribution in [-0.4, -0.2) is 73.1 Å². The molecule has 3 aliphatic rings. The molecule has 0 bridgehead atoms. The lowest BCUT2D eigenvalue weighted by atomic mass is 9.98. The number of primary amides is 1. The molecule has 2 aromatic rings. The average Bonchev–Trinajstić information content (AvgIpc) is 3.01. The Morgan fingerprint density at radius 1 is 0.950 bits per heavy atom. The van der Waals surface area contributed by atoms with Crippen molar-refractivity contribution in [2.45, 2.75) is 19.2 Å². The predicted octanol–water partition coefficient (Wildman–Crippen LogP) is 2.34. The molecule has 1 saturated heterocycles. The van der Waals surface area contributed by atoms with Gasteiger partial charge in [0.25, 0.3) is 5.91 Å². The minimum atomic E-state index is -0.911. The summed E-state index contributed by atoms with van der Waals surface area (Å²) in [6, 6.07) is 16.4. The molecule has 3 heterocycles. The van der Waals surface area contributed by atoms with Gasteiger partial charge in [-0.1, -0.05) is 36.4 Å². The maximum Gasteiger partial charge on any atom is 0.416 e. The van der Waals surface area contributed by atoms with Crippen molar-refractivity contribution < 1.29 is 19.1 Å². The Balaban J connectivity index is 1.41. The van der Waals surface area contributed by atoms with Crippen LogP contribution in [0.15, 0.2) is 89.7 Å². The van der Waals surface area contributed by atoms with Crippen molar-refractivity contribution in [2.75, 3.05) is 44.6 Å². The predicted molar refractivity (Wildman–Crippen MR) is 152 cm³/mol. The second kappa shape index (κ2) is 12.6. The number of carbonyl (C=O) groups is 3. The number of carbonyl (C=O) groups excluding carboxylic acids is 3. The van der Waals surface area contributed by atoms with Crippen molar-refractivity contribution >= 4 is 23.6 Å². The summed E-state index contributed by atoms with van der Waals surface area (Å²) < 4.78 is 5.73. The molecule has 0 spiro atoms. The number of nitrogens with zero attached hydrogens (tertiary/aromatic N) is 2. The van der Waals surface area contributed by atoms with Gasteiger partial charge in [-0.25, -0.2) is 4.79 Å². The van der Waals surface area contributed by atoms with Gasteiger partial charge in [0, 0.05) is 44.0 Å². The number of allylic oxidation sites excluding steroid dienone is 3. The van der Waals surface area contributed by atoms with Crippen LogP contribution in [0, 0.1) is 0 Å². The zero-order valence-electron chi connectivity index (χ0n) is 22.3. The highest BCUT2D eigenvalue weighted by molar-refractivity contribution is 5.96. The Morgan fingerprint density at radius 3 is 2.38 bits per heavy atom. The van der Waals surface area contributed by atoms with Gasteiger partial charge in [-0.05, 0) is 60.5 Å². The van der Waals surface area contributed by atoms with Gasteiger partial charge in [0.2, 0.25) is 5.91 Å². The van der Waals surface area contributed by atoms with E-state index in [0.29, 0.717) is 43.0 Å². The highest BCUT2D eigenvalue weighted by atomic mass is 16.6. The normalized spacial score (nSPS) is 19.2. The van der Waals surface area contributed by atoms with Gasteiger partial charge in [-0.2, -0.15) is 0 Å².